The number of fused-ring (bicyclic) bond motifs is 3. The number of carboxylic acid groups (broad SMARTS) is 1. The molecule has 0 atom stereocenters. The second-order valence-electron chi connectivity index (χ2n) is 9.22. The Morgan fingerprint density at radius 3 is 2.67 bits per heavy atom. The van der Waals surface area contributed by atoms with Gasteiger partial charge in [-0.05, 0) is 59.9 Å². The summed E-state index contributed by atoms with van der Waals surface area (Å²) in [4.78, 5) is 17.8. The van der Waals surface area contributed by atoms with Gasteiger partial charge in [0.25, 0.3) is 5.78 Å². The lowest BCUT2D eigenvalue weighted by atomic mass is 9.93. The maximum absolute atomic E-state index is 10.9. The fraction of sp³-hybridized carbons (Fsp3) is 0.185. The topological polar surface area (TPSA) is 95.7 Å². The third-order valence-corrected chi connectivity index (χ3v) is 7.24. The molecule has 5 aromatic rings. The van der Waals surface area contributed by atoms with E-state index < -0.39 is 6.09 Å². The summed E-state index contributed by atoms with van der Waals surface area (Å²) in [6.07, 6.45) is 2.65. The van der Waals surface area contributed by atoms with Crippen molar-refractivity contribution in [3.63, 3.8) is 0 Å². The molecule has 1 aliphatic carbocycles. The molecule has 0 spiro atoms. The lowest BCUT2D eigenvalue weighted by molar-refractivity contribution is 0.193. The molecule has 0 saturated heterocycles. The summed E-state index contributed by atoms with van der Waals surface area (Å²) < 4.78 is 1.83. The first kappa shape index (κ1) is 22.3. The van der Waals surface area contributed by atoms with Crippen LogP contribution in [0.15, 0.2) is 73.1 Å². The fourth-order valence-electron chi connectivity index (χ4n) is 4.77. The lowest BCUT2D eigenvalue weighted by Gasteiger charge is -2.21. The first-order valence-electron chi connectivity index (χ1n) is 11.6. The second-order valence-corrected chi connectivity index (χ2v) is 9.66. The maximum Gasteiger partial charge on any atom is 0.404 e. The molecule has 2 N–H and O–H groups in total. The molecular formula is C27H23ClN6O2. The normalized spacial score (nSPS) is 14.2. The van der Waals surface area contributed by atoms with Gasteiger partial charge in [-0.1, -0.05) is 48.0 Å². The average molecular weight is 499 g/mol. The van der Waals surface area contributed by atoms with Crippen molar-refractivity contribution in [2.45, 2.75) is 18.3 Å². The van der Waals surface area contributed by atoms with E-state index in [1.807, 2.05) is 46.7 Å². The molecule has 6 rings (SSSR count). The zero-order chi connectivity index (χ0) is 24.9. The number of nitrogens with one attached hydrogen (secondary N) is 1. The summed E-state index contributed by atoms with van der Waals surface area (Å²) in [7, 11) is 1.98. The average Bonchev–Trinajstić information content (AvgIpc) is 3.54. The van der Waals surface area contributed by atoms with Gasteiger partial charge in [-0.2, -0.15) is 4.98 Å². The van der Waals surface area contributed by atoms with Crippen LogP contribution in [-0.2, 0) is 5.41 Å². The Morgan fingerprint density at radius 2 is 1.92 bits per heavy atom. The van der Waals surface area contributed by atoms with E-state index in [-0.39, 0.29) is 5.41 Å². The molecule has 8 nitrogen and oxygen atoms in total. The highest BCUT2D eigenvalue weighted by atomic mass is 35.5. The van der Waals surface area contributed by atoms with Crippen molar-refractivity contribution in [1.82, 2.24) is 24.9 Å². The van der Waals surface area contributed by atoms with Crippen molar-refractivity contribution in [3.8, 4) is 11.1 Å². The van der Waals surface area contributed by atoms with Crippen LogP contribution in [0.3, 0.4) is 0 Å². The molecule has 9 heteroatoms. The Hall–Kier alpha value is -4.17. The molecule has 1 saturated carbocycles. The Balaban J connectivity index is 1.33. The molecule has 0 radical (unpaired) electrons. The van der Waals surface area contributed by atoms with Gasteiger partial charge >= 0.3 is 6.09 Å². The van der Waals surface area contributed by atoms with E-state index in [1.165, 1.54) is 5.56 Å². The molecule has 36 heavy (non-hydrogen) atoms. The van der Waals surface area contributed by atoms with Crippen LogP contribution in [0.2, 0.25) is 5.02 Å². The fourth-order valence-corrected chi connectivity index (χ4v) is 4.94. The SMILES string of the molecule is CN(c1cccc(-c2ccc(C3(CNC(=O)O)CC3)cc2)c1)c1nc2nncn2c2cc(Cl)ccc12. The summed E-state index contributed by atoms with van der Waals surface area (Å²) >= 11 is 6.28. The largest absolute Gasteiger partial charge is 0.465 e. The number of rotatable bonds is 6. The Morgan fingerprint density at radius 1 is 1.11 bits per heavy atom. The van der Waals surface area contributed by atoms with E-state index in [2.05, 4.69) is 51.9 Å². The van der Waals surface area contributed by atoms with Crippen molar-refractivity contribution in [2.75, 3.05) is 18.5 Å². The lowest BCUT2D eigenvalue weighted by Crippen LogP contribution is -2.30. The number of amides is 1. The number of benzene rings is 3. The highest BCUT2D eigenvalue weighted by Gasteiger charge is 2.44. The Labute approximate surface area is 212 Å². The molecule has 1 fully saturated rings. The molecule has 1 aliphatic rings. The molecule has 2 heterocycles. The minimum Gasteiger partial charge on any atom is -0.465 e. The molecule has 0 aliphatic heterocycles. The molecule has 2 aromatic heterocycles. The van der Waals surface area contributed by atoms with Gasteiger partial charge in [0.1, 0.15) is 12.1 Å². The third-order valence-electron chi connectivity index (χ3n) is 7.01. The molecule has 1 amide bonds. The molecule has 3 aromatic carbocycles. The predicted octanol–water partition coefficient (Wildman–Crippen LogP) is 5.67. The van der Waals surface area contributed by atoms with Gasteiger partial charge in [-0.15, -0.1) is 10.2 Å². The molecule has 0 bridgehead atoms. The summed E-state index contributed by atoms with van der Waals surface area (Å²) in [5.74, 6) is 1.26. The smallest absolute Gasteiger partial charge is 0.404 e. The zero-order valence-electron chi connectivity index (χ0n) is 19.5. The third kappa shape index (κ3) is 3.89. The first-order chi connectivity index (χ1) is 17.4. The van der Waals surface area contributed by atoms with Crippen molar-refractivity contribution < 1.29 is 9.90 Å². The summed E-state index contributed by atoms with van der Waals surface area (Å²) in [6.45, 7) is 0.449. The van der Waals surface area contributed by atoms with Crippen molar-refractivity contribution in [1.29, 1.82) is 0 Å². The van der Waals surface area contributed by atoms with Crippen LogP contribution in [0, 0.1) is 0 Å². The predicted molar refractivity (Wildman–Crippen MR) is 140 cm³/mol. The highest BCUT2D eigenvalue weighted by molar-refractivity contribution is 6.31. The van der Waals surface area contributed by atoms with Crippen LogP contribution >= 0.6 is 11.6 Å². The second kappa shape index (κ2) is 8.49. The van der Waals surface area contributed by atoms with Crippen LogP contribution in [0.1, 0.15) is 18.4 Å². The number of halogens is 1. The van der Waals surface area contributed by atoms with Crippen molar-refractivity contribution in [3.05, 3.63) is 83.6 Å². The maximum atomic E-state index is 10.9. The minimum atomic E-state index is -0.979. The number of aromatic nitrogens is 4. The van der Waals surface area contributed by atoms with Crippen LogP contribution in [0.25, 0.3) is 27.8 Å². The van der Waals surface area contributed by atoms with Crippen molar-refractivity contribution >= 4 is 45.9 Å². The quantitative estimate of drug-likeness (QED) is 0.313. The Kier molecular flexibility index (Phi) is 5.26. The number of hydrogen-bond acceptors (Lipinski definition) is 5. The van der Waals surface area contributed by atoms with Gasteiger partial charge in [0.15, 0.2) is 0 Å². The number of anilines is 2. The van der Waals surface area contributed by atoms with Crippen LogP contribution < -0.4 is 10.2 Å². The van der Waals surface area contributed by atoms with Gasteiger partial charge in [-0.25, -0.2) is 4.79 Å². The van der Waals surface area contributed by atoms with Crippen molar-refractivity contribution in [2.24, 2.45) is 0 Å². The zero-order valence-corrected chi connectivity index (χ0v) is 20.3. The van der Waals surface area contributed by atoms with E-state index in [0.29, 0.717) is 17.3 Å². The summed E-state index contributed by atoms with van der Waals surface area (Å²) in [5.41, 5.74) is 5.13. The molecular weight excluding hydrogens is 476 g/mol. The number of hydrogen-bond donors (Lipinski definition) is 2. The van der Waals surface area contributed by atoms with E-state index >= 15 is 0 Å². The van der Waals surface area contributed by atoms with E-state index in [4.69, 9.17) is 21.7 Å². The minimum absolute atomic E-state index is 0.0744. The highest BCUT2D eigenvalue weighted by Crippen LogP contribution is 2.48. The number of carbonyl (C=O) groups is 1. The molecule has 0 unspecified atom stereocenters. The summed E-state index contributed by atoms with van der Waals surface area (Å²) in [5, 5.41) is 21.3. The van der Waals surface area contributed by atoms with E-state index in [0.717, 1.165) is 46.4 Å². The van der Waals surface area contributed by atoms with Crippen LogP contribution in [-0.4, -0.2) is 44.4 Å². The van der Waals surface area contributed by atoms with E-state index in [1.54, 1.807) is 6.33 Å². The van der Waals surface area contributed by atoms with Crippen LogP contribution in [0.4, 0.5) is 16.3 Å². The first-order valence-corrected chi connectivity index (χ1v) is 12.0. The van der Waals surface area contributed by atoms with Gasteiger partial charge in [-0.3, -0.25) is 4.40 Å². The molecule has 180 valence electrons. The number of nitrogens with zero attached hydrogens (tertiary/aromatic N) is 5. The van der Waals surface area contributed by atoms with Gasteiger partial charge < -0.3 is 15.3 Å². The van der Waals surface area contributed by atoms with E-state index in [9.17, 15) is 4.79 Å². The van der Waals surface area contributed by atoms with Gasteiger partial charge in [0, 0.05) is 35.1 Å². The standard InChI is InChI=1S/C27H23ClN6O2/c1-33(24-22-10-9-20(28)14-23(22)34-16-30-32-25(34)31-24)21-4-2-3-18(13-21)17-5-7-19(8-6-17)27(11-12-27)15-29-26(35)36/h2-10,13-14,16,29H,11-12,15H2,1H3,(H,35,36). The van der Waals surface area contributed by atoms with Gasteiger partial charge in [0.05, 0.1) is 5.52 Å². The Bertz CT molecular complexity index is 1610. The summed E-state index contributed by atoms with van der Waals surface area (Å²) in [6, 6.07) is 22.4. The van der Waals surface area contributed by atoms with Crippen LogP contribution in [0.5, 0.6) is 0 Å². The monoisotopic (exact) mass is 498 g/mol. The van der Waals surface area contributed by atoms with Gasteiger partial charge in [0.2, 0.25) is 0 Å².